The second-order valence-corrected chi connectivity index (χ2v) is 6.52. The van der Waals surface area contributed by atoms with Crippen molar-refractivity contribution in [3.63, 3.8) is 0 Å². The highest BCUT2D eigenvalue weighted by Crippen LogP contribution is 2.25. The molecule has 0 saturated carbocycles. The number of rotatable bonds is 4. The highest BCUT2D eigenvalue weighted by Gasteiger charge is 2.30. The van der Waals surface area contributed by atoms with Crippen molar-refractivity contribution >= 4 is 35.0 Å². The highest BCUT2D eigenvalue weighted by atomic mass is 32.2. The molecule has 1 amide bonds. The monoisotopic (exact) mass is 299 g/mol. The third kappa shape index (κ3) is 3.30. The Morgan fingerprint density at radius 3 is 3.00 bits per heavy atom. The maximum atomic E-state index is 12.6. The molecule has 1 aliphatic heterocycles. The number of thiophene rings is 1. The largest absolute Gasteiger partial charge is 0.481 e. The predicted molar refractivity (Wildman–Crippen MR) is 78.1 cm³/mol. The number of hydrogen-bond acceptors (Lipinski definition) is 4. The molecule has 1 aliphatic rings. The Hall–Kier alpha value is -1.01. The van der Waals surface area contributed by atoms with Crippen molar-refractivity contribution in [3.05, 3.63) is 21.9 Å². The molecule has 2 rings (SSSR count). The van der Waals surface area contributed by atoms with E-state index in [1.54, 1.807) is 16.7 Å². The Morgan fingerprint density at radius 2 is 2.32 bits per heavy atom. The smallest absolute Gasteiger partial charge is 0.305 e. The zero-order valence-electron chi connectivity index (χ0n) is 10.8. The van der Waals surface area contributed by atoms with E-state index in [9.17, 15) is 9.59 Å². The van der Waals surface area contributed by atoms with Crippen LogP contribution in [-0.4, -0.2) is 46.0 Å². The van der Waals surface area contributed by atoms with Crippen LogP contribution >= 0.6 is 23.1 Å². The van der Waals surface area contributed by atoms with Crippen LogP contribution in [0.15, 0.2) is 11.4 Å². The summed E-state index contributed by atoms with van der Waals surface area (Å²) in [6.45, 7) is 2.67. The van der Waals surface area contributed by atoms with Crippen LogP contribution in [0.4, 0.5) is 0 Å². The van der Waals surface area contributed by atoms with Crippen LogP contribution < -0.4 is 0 Å². The molecular weight excluding hydrogens is 282 g/mol. The van der Waals surface area contributed by atoms with Crippen LogP contribution in [0.5, 0.6) is 0 Å². The van der Waals surface area contributed by atoms with Gasteiger partial charge >= 0.3 is 5.97 Å². The van der Waals surface area contributed by atoms with Gasteiger partial charge in [-0.1, -0.05) is 6.92 Å². The normalized spacial score (nSPS) is 19.4. The minimum absolute atomic E-state index is 0.00148. The van der Waals surface area contributed by atoms with Gasteiger partial charge in [0.2, 0.25) is 0 Å². The number of carbonyl (C=O) groups excluding carboxylic acids is 1. The van der Waals surface area contributed by atoms with E-state index in [0.717, 1.165) is 22.6 Å². The highest BCUT2D eigenvalue weighted by molar-refractivity contribution is 7.99. The Balaban J connectivity index is 2.17. The summed E-state index contributed by atoms with van der Waals surface area (Å²) in [5, 5.41) is 10.9. The topological polar surface area (TPSA) is 57.6 Å². The molecule has 104 valence electrons. The first-order valence-corrected chi connectivity index (χ1v) is 8.33. The second kappa shape index (κ2) is 6.43. The third-order valence-corrected chi connectivity index (χ3v) is 5.26. The average molecular weight is 299 g/mol. The molecule has 4 nitrogen and oxygen atoms in total. The zero-order chi connectivity index (χ0) is 13.8. The van der Waals surface area contributed by atoms with E-state index < -0.39 is 5.97 Å². The standard InChI is InChI=1S/C13H17NO3S2/c1-2-9-3-5-19-12(9)13(17)14-4-6-18-8-10(14)7-11(15)16/h3,5,10H,2,4,6-8H2,1H3,(H,15,16). The molecular formula is C13H17NO3S2. The van der Waals surface area contributed by atoms with Gasteiger partial charge in [-0.05, 0) is 23.4 Å². The Kier molecular flexibility index (Phi) is 4.87. The maximum absolute atomic E-state index is 12.6. The van der Waals surface area contributed by atoms with E-state index in [-0.39, 0.29) is 18.4 Å². The number of amides is 1. The first-order chi connectivity index (χ1) is 9.13. The molecule has 0 aliphatic carbocycles. The quantitative estimate of drug-likeness (QED) is 0.927. The lowest BCUT2D eigenvalue weighted by atomic mass is 10.1. The van der Waals surface area contributed by atoms with Gasteiger partial charge in [-0.15, -0.1) is 11.3 Å². The summed E-state index contributed by atoms with van der Waals surface area (Å²) in [5.41, 5.74) is 1.06. The van der Waals surface area contributed by atoms with Crippen LogP contribution in [0.3, 0.4) is 0 Å². The van der Waals surface area contributed by atoms with E-state index in [1.165, 1.54) is 11.3 Å². The van der Waals surface area contributed by atoms with Crippen molar-refractivity contribution in [2.24, 2.45) is 0 Å². The summed E-state index contributed by atoms with van der Waals surface area (Å²) < 4.78 is 0. The van der Waals surface area contributed by atoms with Gasteiger partial charge in [-0.2, -0.15) is 11.8 Å². The van der Waals surface area contributed by atoms with Crippen molar-refractivity contribution in [1.82, 2.24) is 4.90 Å². The molecule has 1 aromatic heterocycles. The fourth-order valence-electron chi connectivity index (χ4n) is 2.23. The molecule has 1 atom stereocenters. The summed E-state index contributed by atoms with van der Waals surface area (Å²) in [7, 11) is 0. The molecule has 1 unspecified atom stereocenters. The first-order valence-electron chi connectivity index (χ1n) is 6.30. The van der Waals surface area contributed by atoms with Crippen LogP contribution in [0.25, 0.3) is 0 Å². The predicted octanol–water partition coefficient (Wildman–Crippen LogP) is 2.34. The van der Waals surface area contributed by atoms with Gasteiger partial charge in [0.25, 0.3) is 5.91 Å². The average Bonchev–Trinajstić information content (AvgIpc) is 2.86. The second-order valence-electron chi connectivity index (χ2n) is 4.45. The SMILES string of the molecule is CCc1ccsc1C(=O)N1CCSCC1CC(=O)O. The van der Waals surface area contributed by atoms with E-state index in [0.29, 0.717) is 12.3 Å². The van der Waals surface area contributed by atoms with Crippen LogP contribution in [0.2, 0.25) is 0 Å². The number of carbonyl (C=O) groups is 2. The van der Waals surface area contributed by atoms with Crippen molar-refractivity contribution in [3.8, 4) is 0 Å². The number of thioether (sulfide) groups is 1. The van der Waals surface area contributed by atoms with E-state index in [2.05, 4.69) is 0 Å². The molecule has 1 N–H and O–H groups in total. The molecule has 1 saturated heterocycles. The van der Waals surface area contributed by atoms with E-state index in [4.69, 9.17) is 5.11 Å². The summed E-state index contributed by atoms with van der Waals surface area (Å²) in [4.78, 5) is 26.0. The molecule has 0 radical (unpaired) electrons. The molecule has 0 spiro atoms. The van der Waals surface area contributed by atoms with Gasteiger partial charge in [-0.3, -0.25) is 9.59 Å². The number of nitrogens with zero attached hydrogens (tertiary/aromatic N) is 1. The van der Waals surface area contributed by atoms with Gasteiger partial charge in [0.05, 0.1) is 17.3 Å². The van der Waals surface area contributed by atoms with Crippen LogP contribution in [-0.2, 0) is 11.2 Å². The van der Waals surface area contributed by atoms with Gasteiger partial charge in [0.15, 0.2) is 0 Å². The zero-order valence-corrected chi connectivity index (χ0v) is 12.4. The molecule has 2 heterocycles. The lowest BCUT2D eigenvalue weighted by Crippen LogP contribution is -2.47. The van der Waals surface area contributed by atoms with Crippen LogP contribution in [0, 0.1) is 0 Å². The lowest BCUT2D eigenvalue weighted by Gasteiger charge is -2.34. The first kappa shape index (κ1) is 14.4. The molecule has 1 aromatic rings. The van der Waals surface area contributed by atoms with Crippen LogP contribution in [0.1, 0.15) is 28.6 Å². The minimum atomic E-state index is -0.841. The number of aliphatic carboxylic acids is 1. The molecule has 19 heavy (non-hydrogen) atoms. The number of carboxylic acids is 1. The van der Waals surface area contributed by atoms with Crippen molar-refractivity contribution < 1.29 is 14.7 Å². The molecule has 6 heteroatoms. The summed E-state index contributed by atoms with van der Waals surface area (Å²) in [6.07, 6.45) is 0.863. The van der Waals surface area contributed by atoms with Gasteiger partial charge in [-0.25, -0.2) is 0 Å². The summed E-state index contributed by atoms with van der Waals surface area (Å²) in [5.74, 6) is 0.755. The Morgan fingerprint density at radius 1 is 1.53 bits per heavy atom. The summed E-state index contributed by atoms with van der Waals surface area (Å²) >= 11 is 3.17. The van der Waals surface area contributed by atoms with Gasteiger partial charge in [0.1, 0.15) is 0 Å². The Bertz CT molecular complexity index is 472. The minimum Gasteiger partial charge on any atom is -0.481 e. The lowest BCUT2D eigenvalue weighted by molar-refractivity contribution is -0.138. The fourth-order valence-corrected chi connectivity index (χ4v) is 4.24. The number of carboxylic acid groups (broad SMARTS) is 1. The van der Waals surface area contributed by atoms with Gasteiger partial charge in [0, 0.05) is 18.1 Å². The fraction of sp³-hybridized carbons (Fsp3) is 0.538. The third-order valence-electron chi connectivity index (χ3n) is 3.22. The van der Waals surface area contributed by atoms with Crippen molar-refractivity contribution in [1.29, 1.82) is 0 Å². The molecule has 0 aromatic carbocycles. The van der Waals surface area contributed by atoms with Gasteiger partial charge < -0.3 is 10.0 Å². The van der Waals surface area contributed by atoms with E-state index in [1.807, 2.05) is 18.4 Å². The number of hydrogen-bond donors (Lipinski definition) is 1. The maximum Gasteiger partial charge on any atom is 0.305 e. The molecule has 1 fully saturated rings. The van der Waals surface area contributed by atoms with Crippen molar-refractivity contribution in [2.45, 2.75) is 25.8 Å². The molecule has 0 bridgehead atoms. The van der Waals surface area contributed by atoms with Crippen molar-refractivity contribution in [2.75, 3.05) is 18.1 Å². The van der Waals surface area contributed by atoms with E-state index >= 15 is 0 Å². The summed E-state index contributed by atoms with van der Waals surface area (Å²) in [6, 6.07) is 1.79. The number of aryl methyl sites for hydroxylation is 1. The Labute approximate surface area is 120 Å².